The van der Waals surface area contributed by atoms with E-state index in [1.165, 1.54) is 5.56 Å². The molecule has 0 aromatic heterocycles. The minimum atomic E-state index is 0.866. The number of ether oxygens (including phenoxy) is 1. The summed E-state index contributed by atoms with van der Waals surface area (Å²) in [5.41, 5.74) is 1.23. The van der Waals surface area contributed by atoms with Crippen molar-refractivity contribution in [1.29, 1.82) is 0 Å². The van der Waals surface area contributed by atoms with Gasteiger partial charge in [-0.05, 0) is 25.0 Å². The van der Waals surface area contributed by atoms with Gasteiger partial charge in [-0.2, -0.15) is 0 Å². The third-order valence-electron chi connectivity index (χ3n) is 1.73. The van der Waals surface area contributed by atoms with Crippen LogP contribution >= 0.6 is 0 Å². The highest BCUT2D eigenvalue weighted by Gasteiger charge is 2.07. The molecule has 10 heavy (non-hydrogen) atoms. The van der Waals surface area contributed by atoms with Crippen LogP contribution in [0, 0.1) is 6.07 Å². The van der Waals surface area contributed by atoms with E-state index < -0.39 is 0 Å². The van der Waals surface area contributed by atoms with E-state index in [1.54, 1.807) is 0 Å². The Kier molecular flexibility index (Phi) is 1.35. The normalized spacial score (nSPS) is 15.6. The number of benzene rings is 1. The van der Waals surface area contributed by atoms with Crippen molar-refractivity contribution < 1.29 is 4.74 Å². The molecule has 1 heteroatoms. The van der Waals surface area contributed by atoms with Gasteiger partial charge in [-0.15, -0.1) is 0 Å². The summed E-state index contributed by atoms with van der Waals surface area (Å²) in [4.78, 5) is 0. The van der Waals surface area contributed by atoms with Crippen LogP contribution in [-0.2, 0) is 6.42 Å². The molecule has 1 nitrogen and oxygen atoms in total. The molecule has 0 bridgehead atoms. The predicted octanol–water partition coefficient (Wildman–Crippen LogP) is 1.81. The van der Waals surface area contributed by atoms with Crippen molar-refractivity contribution in [2.24, 2.45) is 0 Å². The Balaban J connectivity index is 2.41. The van der Waals surface area contributed by atoms with Crippen molar-refractivity contribution in [2.45, 2.75) is 12.8 Å². The van der Waals surface area contributed by atoms with Crippen molar-refractivity contribution in [3.05, 3.63) is 29.8 Å². The van der Waals surface area contributed by atoms with E-state index in [-0.39, 0.29) is 0 Å². The molecule has 2 rings (SSSR count). The molecule has 0 spiro atoms. The minimum absolute atomic E-state index is 0.866. The van der Waals surface area contributed by atoms with E-state index in [1.807, 2.05) is 18.2 Å². The van der Waals surface area contributed by atoms with Crippen LogP contribution in [0.3, 0.4) is 0 Å². The summed E-state index contributed by atoms with van der Waals surface area (Å²) in [6.07, 6.45) is 2.25. The average Bonchev–Trinajstić information content (AvgIpc) is 2.05. The summed E-state index contributed by atoms with van der Waals surface area (Å²) in [6, 6.07) is 9.07. The number of rotatable bonds is 0. The van der Waals surface area contributed by atoms with E-state index in [0.29, 0.717) is 0 Å². The Morgan fingerprint density at radius 3 is 3.40 bits per heavy atom. The molecule has 0 saturated carbocycles. The van der Waals surface area contributed by atoms with Gasteiger partial charge in [-0.1, -0.05) is 12.1 Å². The average molecular weight is 133 g/mol. The first-order valence-electron chi connectivity index (χ1n) is 3.59. The lowest BCUT2D eigenvalue weighted by Gasteiger charge is -2.15. The summed E-state index contributed by atoms with van der Waals surface area (Å²) in [6.45, 7) is 0.866. The molecule has 0 aliphatic carbocycles. The quantitative estimate of drug-likeness (QED) is 0.524. The van der Waals surface area contributed by atoms with Crippen LogP contribution in [0.4, 0.5) is 0 Å². The number of aryl methyl sites for hydroxylation is 1. The van der Waals surface area contributed by atoms with Gasteiger partial charge in [0, 0.05) is 5.56 Å². The Hall–Kier alpha value is -0.980. The zero-order valence-electron chi connectivity index (χ0n) is 5.76. The first-order chi connectivity index (χ1) is 4.97. The third kappa shape index (κ3) is 0.878. The smallest absolute Gasteiger partial charge is 0.123 e. The molecule has 0 saturated heterocycles. The molecule has 1 aliphatic rings. The summed E-state index contributed by atoms with van der Waals surface area (Å²) in [5.74, 6) is 1.02. The van der Waals surface area contributed by atoms with Gasteiger partial charge >= 0.3 is 0 Å². The lowest BCUT2D eigenvalue weighted by atomic mass is 10.1. The monoisotopic (exact) mass is 133 g/mol. The van der Waals surface area contributed by atoms with Gasteiger partial charge < -0.3 is 4.74 Å². The predicted molar refractivity (Wildman–Crippen MR) is 39.1 cm³/mol. The van der Waals surface area contributed by atoms with E-state index in [2.05, 4.69) is 6.07 Å². The standard InChI is InChI=1S/C9H9O/c1-2-6-9-8(4-1)5-3-7-10-9/h1-2,6H,3,5,7H2. The maximum Gasteiger partial charge on any atom is 0.123 e. The molecule has 0 amide bonds. The fraction of sp³-hybridized carbons (Fsp3) is 0.333. The first-order valence-corrected chi connectivity index (χ1v) is 3.59. The Morgan fingerprint density at radius 2 is 2.50 bits per heavy atom. The van der Waals surface area contributed by atoms with Crippen LogP contribution in [0.5, 0.6) is 5.75 Å². The fourth-order valence-corrected chi connectivity index (χ4v) is 1.22. The van der Waals surface area contributed by atoms with E-state index in [0.717, 1.165) is 25.2 Å². The van der Waals surface area contributed by atoms with Crippen LogP contribution in [0.2, 0.25) is 0 Å². The Morgan fingerprint density at radius 1 is 1.50 bits per heavy atom. The molecule has 1 aromatic rings. The van der Waals surface area contributed by atoms with Gasteiger partial charge in [-0.3, -0.25) is 0 Å². The van der Waals surface area contributed by atoms with E-state index in [9.17, 15) is 0 Å². The van der Waals surface area contributed by atoms with Crippen molar-refractivity contribution in [3.63, 3.8) is 0 Å². The van der Waals surface area contributed by atoms with Crippen LogP contribution in [-0.4, -0.2) is 6.61 Å². The molecule has 0 fully saturated rings. The number of fused-ring (bicyclic) bond motifs is 1. The molecule has 0 N–H and O–H groups in total. The summed E-state index contributed by atoms with van der Waals surface area (Å²) < 4.78 is 5.39. The van der Waals surface area contributed by atoms with Gasteiger partial charge in [0.2, 0.25) is 0 Å². The Labute approximate surface area is 60.6 Å². The van der Waals surface area contributed by atoms with Crippen molar-refractivity contribution in [2.75, 3.05) is 6.61 Å². The molecule has 1 heterocycles. The highest BCUT2D eigenvalue weighted by atomic mass is 16.5. The zero-order chi connectivity index (χ0) is 6.81. The second-order valence-electron chi connectivity index (χ2n) is 2.46. The topological polar surface area (TPSA) is 9.23 Å². The number of hydrogen-bond acceptors (Lipinski definition) is 1. The zero-order valence-corrected chi connectivity index (χ0v) is 5.76. The van der Waals surface area contributed by atoms with Crippen LogP contribution in [0.1, 0.15) is 12.0 Å². The summed E-state index contributed by atoms with van der Waals surface area (Å²) >= 11 is 0. The van der Waals surface area contributed by atoms with Crippen LogP contribution < -0.4 is 4.74 Å². The largest absolute Gasteiger partial charge is 0.493 e. The highest BCUT2D eigenvalue weighted by Crippen LogP contribution is 2.22. The van der Waals surface area contributed by atoms with Crippen LogP contribution in [0.25, 0.3) is 0 Å². The fourth-order valence-electron chi connectivity index (χ4n) is 1.22. The first kappa shape index (κ1) is 5.78. The van der Waals surface area contributed by atoms with Crippen molar-refractivity contribution in [1.82, 2.24) is 0 Å². The molecule has 1 aromatic carbocycles. The molecule has 1 radical (unpaired) electrons. The maximum atomic E-state index is 5.39. The second-order valence-corrected chi connectivity index (χ2v) is 2.46. The van der Waals surface area contributed by atoms with E-state index >= 15 is 0 Å². The second kappa shape index (κ2) is 2.33. The summed E-state index contributed by atoms with van der Waals surface area (Å²) in [5, 5.41) is 0. The molecule has 1 aliphatic heterocycles. The summed E-state index contributed by atoms with van der Waals surface area (Å²) in [7, 11) is 0. The van der Waals surface area contributed by atoms with Crippen LogP contribution in [0.15, 0.2) is 18.2 Å². The SMILES string of the molecule is [c]1cccc2c1CCCO2. The molecular formula is C9H9O. The highest BCUT2D eigenvalue weighted by molar-refractivity contribution is 5.33. The Bertz CT molecular complexity index is 205. The van der Waals surface area contributed by atoms with Gasteiger partial charge in [-0.25, -0.2) is 0 Å². The molecular weight excluding hydrogens is 124 g/mol. The van der Waals surface area contributed by atoms with Crippen molar-refractivity contribution >= 4 is 0 Å². The lowest BCUT2D eigenvalue weighted by molar-refractivity contribution is 0.288. The molecule has 0 atom stereocenters. The third-order valence-corrected chi connectivity index (χ3v) is 1.73. The number of hydrogen-bond donors (Lipinski definition) is 0. The lowest BCUT2D eigenvalue weighted by Crippen LogP contribution is -2.07. The molecule has 0 unspecified atom stereocenters. The maximum absolute atomic E-state index is 5.39. The van der Waals surface area contributed by atoms with Gasteiger partial charge in [0.1, 0.15) is 5.75 Å². The molecule has 51 valence electrons. The minimum Gasteiger partial charge on any atom is -0.493 e. The van der Waals surface area contributed by atoms with Gasteiger partial charge in [0.25, 0.3) is 0 Å². The van der Waals surface area contributed by atoms with Crippen molar-refractivity contribution in [3.8, 4) is 5.75 Å². The van der Waals surface area contributed by atoms with Gasteiger partial charge in [0.15, 0.2) is 0 Å². The van der Waals surface area contributed by atoms with E-state index in [4.69, 9.17) is 4.74 Å². The van der Waals surface area contributed by atoms with Gasteiger partial charge in [0.05, 0.1) is 6.61 Å².